The lowest BCUT2D eigenvalue weighted by molar-refractivity contribution is -0.127. The second-order valence-electron chi connectivity index (χ2n) is 7.69. The second-order valence-corrected chi connectivity index (χ2v) is 9.56. The van der Waals surface area contributed by atoms with Crippen LogP contribution in [0.1, 0.15) is 5.56 Å². The summed E-state index contributed by atoms with van der Waals surface area (Å²) in [5.41, 5.74) is 1.15. The Labute approximate surface area is 204 Å². The zero-order valence-corrected chi connectivity index (χ0v) is 20.4. The number of carbonyl (C=O) groups excluding carboxylic acids is 1. The van der Waals surface area contributed by atoms with Crippen LogP contribution in [0, 0.1) is 0 Å². The van der Waals surface area contributed by atoms with Crippen molar-refractivity contribution in [3.05, 3.63) is 72.3 Å². The Morgan fingerprint density at radius 1 is 0.971 bits per heavy atom. The first-order valence-electron chi connectivity index (χ1n) is 10.8. The Kier molecular flexibility index (Phi) is 7.02. The van der Waals surface area contributed by atoms with Gasteiger partial charge in [-0.25, -0.2) is 8.42 Å². The molecule has 0 spiro atoms. The summed E-state index contributed by atoms with van der Waals surface area (Å²) in [4.78, 5) is 13.1. The molecule has 184 valence electrons. The molecule has 35 heavy (non-hydrogen) atoms. The molecule has 0 unspecified atom stereocenters. The van der Waals surface area contributed by atoms with Crippen LogP contribution in [0.3, 0.4) is 0 Å². The highest BCUT2D eigenvalue weighted by Crippen LogP contribution is 2.37. The van der Waals surface area contributed by atoms with Crippen LogP contribution in [0.2, 0.25) is 0 Å². The van der Waals surface area contributed by atoms with E-state index >= 15 is 0 Å². The Morgan fingerprint density at radius 3 is 2.37 bits per heavy atom. The largest absolute Gasteiger partial charge is 0.497 e. The van der Waals surface area contributed by atoms with Gasteiger partial charge in [-0.1, -0.05) is 18.2 Å². The molecule has 4 rings (SSSR count). The topological polar surface area (TPSA) is 103 Å². The van der Waals surface area contributed by atoms with Crippen molar-refractivity contribution < 1.29 is 32.2 Å². The number of nitrogens with one attached hydrogen (secondary N) is 1. The molecule has 1 heterocycles. The Balaban J connectivity index is 1.55. The highest BCUT2D eigenvalue weighted by Gasteiger charge is 2.37. The van der Waals surface area contributed by atoms with Gasteiger partial charge in [-0.05, 0) is 54.1 Å². The first-order valence-corrected chi connectivity index (χ1v) is 12.2. The van der Waals surface area contributed by atoms with Gasteiger partial charge in [0.15, 0.2) is 17.6 Å². The SMILES string of the molecule is COc1ccc(S(=O)(=O)N2C[C@@H](C(=O)NCc3ccc(OC)c(OC)c3)Oc3ccccc32)cc1. The molecule has 0 bridgehead atoms. The number of para-hydroxylation sites is 2. The van der Waals surface area contributed by atoms with Gasteiger partial charge >= 0.3 is 0 Å². The minimum absolute atomic E-state index is 0.0829. The number of sulfonamides is 1. The third-order valence-electron chi connectivity index (χ3n) is 5.59. The van der Waals surface area contributed by atoms with Gasteiger partial charge in [0.05, 0.1) is 38.5 Å². The molecule has 0 aromatic heterocycles. The van der Waals surface area contributed by atoms with E-state index in [1.165, 1.54) is 30.7 Å². The Morgan fingerprint density at radius 2 is 1.69 bits per heavy atom. The molecule has 10 heteroatoms. The summed E-state index contributed by atoms with van der Waals surface area (Å²) < 4.78 is 49.7. The minimum Gasteiger partial charge on any atom is -0.497 e. The fourth-order valence-corrected chi connectivity index (χ4v) is 5.21. The first-order chi connectivity index (χ1) is 16.9. The van der Waals surface area contributed by atoms with E-state index in [1.807, 2.05) is 0 Å². The van der Waals surface area contributed by atoms with E-state index < -0.39 is 22.0 Å². The number of benzene rings is 3. The Bertz CT molecular complexity index is 1310. The summed E-state index contributed by atoms with van der Waals surface area (Å²) in [6.07, 6.45) is -1.04. The van der Waals surface area contributed by atoms with Crippen molar-refractivity contribution in [3.63, 3.8) is 0 Å². The quantitative estimate of drug-likeness (QED) is 0.509. The van der Waals surface area contributed by atoms with Crippen LogP contribution >= 0.6 is 0 Å². The third-order valence-corrected chi connectivity index (χ3v) is 7.38. The molecule has 1 aliphatic heterocycles. The monoisotopic (exact) mass is 498 g/mol. The van der Waals surface area contributed by atoms with Crippen LogP contribution in [0.4, 0.5) is 5.69 Å². The van der Waals surface area contributed by atoms with Crippen molar-refractivity contribution in [2.45, 2.75) is 17.5 Å². The minimum atomic E-state index is -3.96. The number of anilines is 1. The molecule has 0 aliphatic carbocycles. The third kappa shape index (κ3) is 4.97. The van der Waals surface area contributed by atoms with Crippen molar-refractivity contribution in [3.8, 4) is 23.0 Å². The molecular formula is C25H26N2O7S. The van der Waals surface area contributed by atoms with Gasteiger partial charge in [-0.2, -0.15) is 0 Å². The fraction of sp³-hybridized carbons (Fsp3) is 0.240. The smallest absolute Gasteiger partial charge is 0.264 e. The Hall–Kier alpha value is -3.92. The summed E-state index contributed by atoms with van der Waals surface area (Å²) in [6, 6.07) is 18.1. The van der Waals surface area contributed by atoms with Gasteiger partial charge in [0, 0.05) is 6.54 Å². The summed E-state index contributed by atoms with van der Waals surface area (Å²) in [5, 5.41) is 2.82. The van der Waals surface area contributed by atoms with Gasteiger partial charge in [0.25, 0.3) is 15.9 Å². The van der Waals surface area contributed by atoms with Gasteiger partial charge in [0.2, 0.25) is 0 Å². The molecular weight excluding hydrogens is 472 g/mol. The highest BCUT2D eigenvalue weighted by atomic mass is 32.2. The first kappa shape index (κ1) is 24.2. The maximum Gasteiger partial charge on any atom is 0.264 e. The molecule has 0 radical (unpaired) electrons. The molecule has 0 fully saturated rings. The van der Waals surface area contributed by atoms with Crippen LogP contribution in [0.25, 0.3) is 0 Å². The van der Waals surface area contributed by atoms with E-state index in [0.29, 0.717) is 28.7 Å². The number of rotatable bonds is 8. The molecule has 0 saturated heterocycles. The van der Waals surface area contributed by atoms with Gasteiger partial charge < -0.3 is 24.3 Å². The lowest BCUT2D eigenvalue weighted by Gasteiger charge is -2.34. The number of nitrogens with zero attached hydrogens (tertiary/aromatic N) is 1. The predicted octanol–water partition coefficient (Wildman–Crippen LogP) is 2.99. The average Bonchev–Trinajstić information content (AvgIpc) is 2.90. The van der Waals surface area contributed by atoms with Crippen LogP contribution in [0.5, 0.6) is 23.0 Å². The number of fused-ring (bicyclic) bond motifs is 1. The zero-order valence-electron chi connectivity index (χ0n) is 19.6. The lowest BCUT2D eigenvalue weighted by atomic mass is 10.2. The molecule has 0 saturated carbocycles. The summed E-state index contributed by atoms with van der Waals surface area (Å²) in [7, 11) is 0.622. The maximum absolute atomic E-state index is 13.5. The molecule has 1 amide bonds. The van der Waals surface area contributed by atoms with Gasteiger partial charge in [0.1, 0.15) is 11.5 Å². The van der Waals surface area contributed by atoms with E-state index in [4.69, 9.17) is 18.9 Å². The maximum atomic E-state index is 13.5. The summed E-state index contributed by atoms with van der Waals surface area (Å²) >= 11 is 0. The second kappa shape index (κ2) is 10.1. The van der Waals surface area contributed by atoms with Crippen molar-refractivity contribution in [2.24, 2.45) is 0 Å². The van der Waals surface area contributed by atoms with Crippen molar-refractivity contribution in [1.82, 2.24) is 5.32 Å². The number of carbonyl (C=O) groups is 1. The number of methoxy groups -OCH3 is 3. The average molecular weight is 499 g/mol. The number of hydrogen-bond donors (Lipinski definition) is 1. The van der Waals surface area contributed by atoms with E-state index in [9.17, 15) is 13.2 Å². The van der Waals surface area contributed by atoms with Crippen LogP contribution in [-0.4, -0.2) is 48.3 Å². The fourth-order valence-electron chi connectivity index (χ4n) is 3.73. The normalized spacial score (nSPS) is 14.9. The van der Waals surface area contributed by atoms with E-state index in [0.717, 1.165) is 5.56 Å². The van der Waals surface area contributed by atoms with E-state index in [-0.39, 0.29) is 18.0 Å². The molecule has 1 aliphatic rings. The van der Waals surface area contributed by atoms with Crippen LogP contribution in [0.15, 0.2) is 71.6 Å². The van der Waals surface area contributed by atoms with Crippen molar-refractivity contribution in [2.75, 3.05) is 32.2 Å². The molecule has 3 aromatic carbocycles. The number of ether oxygens (including phenoxy) is 4. The molecule has 1 atom stereocenters. The standard InChI is InChI=1S/C25H26N2O7S/c1-31-18-9-11-19(12-10-18)35(29,30)27-16-24(34-21-7-5-4-6-20(21)27)25(28)26-15-17-8-13-22(32-2)23(14-17)33-3/h4-14,24H,15-16H2,1-3H3,(H,26,28)/t24-/m0/s1. The highest BCUT2D eigenvalue weighted by molar-refractivity contribution is 7.92. The van der Waals surface area contributed by atoms with Gasteiger partial charge in [-0.15, -0.1) is 0 Å². The lowest BCUT2D eigenvalue weighted by Crippen LogP contribution is -2.50. The number of amides is 1. The molecule has 9 nitrogen and oxygen atoms in total. The van der Waals surface area contributed by atoms with Crippen molar-refractivity contribution in [1.29, 1.82) is 0 Å². The van der Waals surface area contributed by atoms with Crippen molar-refractivity contribution >= 4 is 21.6 Å². The van der Waals surface area contributed by atoms with Gasteiger partial charge in [-0.3, -0.25) is 9.10 Å². The van der Waals surface area contributed by atoms with E-state index in [1.54, 1.807) is 61.7 Å². The number of hydrogen-bond acceptors (Lipinski definition) is 7. The molecule has 3 aromatic rings. The van der Waals surface area contributed by atoms with Crippen LogP contribution in [-0.2, 0) is 21.4 Å². The predicted molar refractivity (Wildman–Crippen MR) is 130 cm³/mol. The summed E-state index contributed by atoms with van der Waals surface area (Å²) in [6.45, 7) is 0.0229. The van der Waals surface area contributed by atoms with Crippen LogP contribution < -0.4 is 28.6 Å². The summed E-state index contributed by atoms with van der Waals surface area (Å²) in [5.74, 6) is 1.53. The zero-order chi connectivity index (χ0) is 25.0. The molecule has 1 N–H and O–H groups in total. The van der Waals surface area contributed by atoms with E-state index in [2.05, 4.69) is 5.32 Å².